The molecule has 0 fully saturated rings. The minimum absolute atomic E-state index is 0. The third kappa shape index (κ3) is 6.29. The molecule has 0 bridgehead atoms. The van der Waals surface area contributed by atoms with E-state index in [1.54, 1.807) is 0 Å². The molecule has 0 amide bonds. The second-order valence-electron chi connectivity index (χ2n) is 3.44. The zero-order chi connectivity index (χ0) is 13.8. The summed E-state index contributed by atoms with van der Waals surface area (Å²) in [6.45, 7) is 0. The second-order valence-corrected chi connectivity index (χ2v) is 5.66. The number of hydrogen-bond donors (Lipinski definition) is 0. The quantitative estimate of drug-likeness (QED) is 0.571. The molecule has 0 aliphatic heterocycles. The Morgan fingerprint density at radius 3 is 1.48 bits per heavy atom. The predicted octanol–water partition coefficient (Wildman–Crippen LogP) is -1.35. The molecule has 0 saturated heterocycles. The molecule has 2 nitrogen and oxygen atoms in total. The van der Waals surface area contributed by atoms with Crippen LogP contribution in [0, 0.1) is 11.6 Å². The number of rotatable bonds is 4. The largest absolute Gasteiger partial charge is 1.00 e. The SMILES string of the molecule is Fc1ccc([O][Zr+2][O]c2ccc(F)cc2Cl)c(Cl)c1.[Cl-].[Cl-]. The fourth-order valence-electron chi connectivity index (χ4n) is 1.23. The van der Waals surface area contributed by atoms with Crippen LogP contribution in [-0.4, -0.2) is 0 Å². The first-order valence-electron chi connectivity index (χ1n) is 5.05. The summed E-state index contributed by atoms with van der Waals surface area (Å²) in [6, 6.07) is 7.64. The molecule has 0 unspecified atom stereocenters. The fourth-order valence-corrected chi connectivity index (χ4v) is 3.38. The van der Waals surface area contributed by atoms with Crippen molar-refractivity contribution in [3.63, 3.8) is 0 Å². The standard InChI is InChI=1S/2C6H4ClFO.2ClH.Zr/c2*7-5-3-4(8)1-2-6(5)9;;;/h2*1-3,9H;2*1H;/q;;;;+4/p-4. The summed E-state index contributed by atoms with van der Waals surface area (Å²) >= 11 is 9.83. The van der Waals surface area contributed by atoms with Gasteiger partial charge in [0.2, 0.25) is 0 Å². The Balaban J connectivity index is 0.00000200. The van der Waals surface area contributed by atoms with Crippen LogP contribution in [0.3, 0.4) is 0 Å². The first kappa shape index (κ1) is 20.9. The van der Waals surface area contributed by atoms with E-state index < -0.39 is 35.8 Å². The summed E-state index contributed by atoms with van der Waals surface area (Å²) in [5.74, 6) is -0.170. The Morgan fingerprint density at radius 2 is 1.14 bits per heavy atom. The van der Waals surface area contributed by atoms with Gasteiger partial charge in [-0.1, -0.05) is 0 Å². The smallest absolute Gasteiger partial charge is 1.00 e. The first-order chi connectivity index (χ1) is 9.06. The summed E-state index contributed by atoms with van der Waals surface area (Å²) in [5.41, 5.74) is 0. The summed E-state index contributed by atoms with van der Waals surface area (Å²) in [4.78, 5) is 0. The molecule has 0 heterocycles. The van der Waals surface area contributed by atoms with Crippen LogP contribution < -0.4 is 30.4 Å². The first-order valence-corrected chi connectivity index (χ1v) is 7.81. The van der Waals surface area contributed by atoms with E-state index in [1.165, 1.54) is 24.3 Å². The molecule has 0 N–H and O–H groups in total. The zero-order valence-electron chi connectivity index (χ0n) is 10.0. The van der Waals surface area contributed by atoms with Gasteiger partial charge in [-0.2, -0.15) is 0 Å². The van der Waals surface area contributed by atoms with Crippen molar-refractivity contribution in [1.82, 2.24) is 0 Å². The molecule has 112 valence electrons. The zero-order valence-corrected chi connectivity index (χ0v) is 15.5. The van der Waals surface area contributed by atoms with Crippen LogP contribution in [0.4, 0.5) is 8.78 Å². The van der Waals surface area contributed by atoms with Gasteiger partial charge in [-0.05, 0) is 0 Å². The molecule has 21 heavy (non-hydrogen) atoms. The molecular formula is C12H6Cl4F2O2Zr. The van der Waals surface area contributed by atoms with Gasteiger partial charge < -0.3 is 24.8 Å². The van der Waals surface area contributed by atoms with Gasteiger partial charge in [0.05, 0.1) is 0 Å². The van der Waals surface area contributed by atoms with Crippen molar-refractivity contribution < 1.29 is 63.3 Å². The Bertz CT molecular complexity index is 550. The topological polar surface area (TPSA) is 18.5 Å². The van der Waals surface area contributed by atoms with Crippen molar-refractivity contribution in [1.29, 1.82) is 0 Å². The summed E-state index contributed by atoms with van der Waals surface area (Å²) in [7, 11) is 0. The van der Waals surface area contributed by atoms with Crippen LogP contribution in [0.25, 0.3) is 0 Å². The maximum atomic E-state index is 12.8. The van der Waals surface area contributed by atoms with Gasteiger partial charge in [0.15, 0.2) is 0 Å². The Kier molecular flexibility index (Phi) is 9.83. The van der Waals surface area contributed by atoms with E-state index in [2.05, 4.69) is 0 Å². The maximum Gasteiger partial charge on any atom is -1.00 e. The van der Waals surface area contributed by atoms with Crippen molar-refractivity contribution in [2.75, 3.05) is 0 Å². The summed E-state index contributed by atoms with van der Waals surface area (Å²) < 4.78 is 36.4. The molecule has 0 aromatic heterocycles. The van der Waals surface area contributed by atoms with Crippen LogP contribution in [-0.2, 0) is 24.1 Å². The summed E-state index contributed by atoms with van der Waals surface area (Å²) in [6.07, 6.45) is 0. The van der Waals surface area contributed by atoms with Crippen LogP contribution >= 0.6 is 23.2 Å². The van der Waals surface area contributed by atoms with Gasteiger partial charge in [0, 0.05) is 0 Å². The maximum absolute atomic E-state index is 12.8. The molecule has 9 heteroatoms. The fraction of sp³-hybridized carbons (Fsp3) is 0. The number of hydrogen-bond acceptors (Lipinski definition) is 2. The van der Waals surface area contributed by atoms with E-state index in [1.807, 2.05) is 0 Å². The van der Waals surface area contributed by atoms with E-state index >= 15 is 0 Å². The third-order valence-corrected chi connectivity index (χ3v) is 4.17. The molecule has 0 aliphatic rings. The van der Waals surface area contributed by atoms with E-state index in [9.17, 15) is 8.78 Å². The summed E-state index contributed by atoms with van der Waals surface area (Å²) in [5, 5.41) is 0.351. The van der Waals surface area contributed by atoms with E-state index in [0.717, 1.165) is 12.1 Å². The van der Waals surface area contributed by atoms with Gasteiger partial charge >= 0.3 is 131 Å². The van der Waals surface area contributed by atoms with Gasteiger partial charge in [-0.25, -0.2) is 0 Å². The van der Waals surface area contributed by atoms with Crippen molar-refractivity contribution in [2.24, 2.45) is 0 Å². The minimum Gasteiger partial charge on any atom is -1.00 e. The Labute approximate surface area is 155 Å². The van der Waals surface area contributed by atoms with Crippen LogP contribution in [0.5, 0.6) is 11.5 Å². The van der Waals surface area contributed by atoms with Crippen LogP contribution in [0.1, 0.15) is 0 Å². The Hall–Kier alpha value is -0.0569. The molecular weight excluding hydrogens is 447 g/mol. The van der Waals surface area contributed by atoms with E-state index in [0.29, 0.717) is 11.5 Å². The molecule has 0 saturated carbocycles. The molecule has 0 atom stereocenters. The molecule has 0 radical (unpaired) electrons. The van der Waals surface area contributed by atoms with E-state index in [4.69, 9.17) is 28.8 Å². The molecule has 0 spiro atoms. The van der Waals surface area contributed by atoms with Gasteiger partial charge in [-0.3, -0.25) is 0 Å². The third-order valence-electron chi connectivity index (χ3n) is 2.09. The van der Waals surface area contributed by atoms with Crippen LogP contribution in [0.15, 0.2) is 36.4 Å². The minimum atomic E-state index is -1.75. The average molecular weight is 453 g/mol. The predicted molar refractivity (Wildman–Crippen MR) is 64.1 cm³/mol. The number of halogens is 6. The normalized spacial score (nSPS) is 8.95. The van der Waals surface area contributed by atoms with Crippen molar-refractivity contribution >= 4 is 23.2 Å². The molecule has 2 aromatic rings. The Morgan fingerprint density at radius 1 is 0.762 bits per heavy atom. The van der Waals surface area contributed by atoms with Crippen molar-refractivity contribution in [2.45, 2.75) is 0 Å². The number of benzene rings is 2. The van der Waals surface area contributed by atoms with Gasteiger partial charge in [-0.15, -0.1) is 0 Å². The van der Waals surface area contributed by atoms with E-state index in [-0.39, 0.29) is 34.9 Å². The monoisotopic (exact) mass is 450 g/mol. The van der Waals surface area contributed by atoms with Gasteiger partial charge in [0.25, 0.3) is 0 Å². The van der Waals surface area contributed by atoms with Crippen molar-refractivity contribution in [3.05, 3.63) is 58.1 Å². The second kappa shape index (κ2) is 9.86. The molecule has 2 rings (SSSR count). The average Bonchev–Trinajstić information content (AvgIpc) is 2.34. The molecule has 2 aromatic carbocycles. The van der Waals surface area contributed by atoms with Gasteiger partial charge in [0.1, 0.15) is 0 Å². The molecule has 0 aliphatic carbocycles. The van der Waals surface area contributed by atoms with Crippen LogP contribution in [0.2, 0.25) is 10.0 Å². The van der Waals surface area contributed by atoms with Crippen molar-refractivity contribution in [3.8, 4) is 11.5 Å².